The molecule has 1 heterocycles. The predicted octanol–water partition coefficient (Wildman–Crippen LogP) is 1.11. The number of hydrogen-bond acceptors (Lipinski definition) is 5. The van der Waals surface area contributed by atoms with Crippen molar-refractivity contribution in [3.05, 3.63) is 46.8 Å². The molecule has 2 aromatic rings. The SMILES string of the molecule is NCc1ccc(S(=O)(=O)Nc2ccc(C(N)=O)cc2)s1. The number of amides is 1. The Bertz CT molecular complexity index is 721. The van der Waals surface area contributed by atoms with Crippen LogP contribution < -0.4 is 16.2 Å². The summed E-state index contributed by atoms with van der Waals surface area (Å²) in [5, 5.41) is 0. The average molecular weight is 311 g/mol. The Labute approximate surface area is 120 Å². The van der Waals surface area contributed by atoms with Crippen LogP contribution in [-0.4, -0.2) is 14.3 Å². The molecule has 0 bridgehead atoms. The van der Waals surface area contributed by atoms with Crippen molar-refractivity contribution in [2.24, 2.45) is 11.5 Å². The van der Waals surface area contributed by atoms with Gasteiger partial charge in [0.1, 0.15) is 4.21 Å². The summed E-state index contributed by atoms with van der Waals surface area (Å²) in [6.07, 6.45) is 0. The van der Waals surface area contributed by atoms with Crippen LogP contribution in [0.4, 0.5) is 5.69 Å². The van der Waals surface area contributed by atoms with E-state index in [-0.39, 0.29) is 4.21 Å². The maximum atomic E-state index is 12.1. The zero-order valence-electron chi connectivity index (χ0n) is 10.4. The molecule has 0 atom stereocenters. The van der Waals surface area contributed by atoms with Gasteiger partial charge in [-0.2, -0.15) is 0 Å². The number of anilines is 1. The molecule has 2 rings (SSSR count). The highest BCUT2D eigenvalue weighted by molar-refractivity contribution is 7.94. The van der Waals surface area contributed by atoms with Crippen molar-refractivity contribution >= 4 is 33.0 Å². The summed E-state index contributed by atoms with van der Waals surface area (Å²) in [7, 11) is -3.64. The first-order valence-electron chi connectivity index (χ1n) is 5.64. The van der Waals surface area contributed by atoms with Gasteiger partial charge in [0.25, 0.3) is 10.0 Å². The second kappa shape index (κ2) is 5.61. The van der Waals surface area contributed by atoms with Gasteiger partial charge in [0.2, 0.25) is 5.91 Å². The van der Waals surface area contributed by atoms with E-state index in [2.05, 4.69) is 4.72 Å². The summed E-state index contributed by atoms with van der Waals surface area (Å²) < 4.78 is 26.9. The lowest BCUT2D eigenvalue weighted by Gasteiger charge is -2.06. The van der Waals surface area contributed by atoms with Crippen molar-refractivity contribution in [3.8, 4) is 0 Å². The van der Waals surface area contributed by atoms with Gasteiger partial charge >= 0.3 is 0 Å². The van der Waals surface area contributed by atoms with Crippen LogP contribution in [0.1, 0.15) is 15.2 Å². The zero-order valence-corrected chi connectivity index (χ0v) is 12.0. The van der Waals surface area contributed by atoms with Crippen LogP contribution in [0.15, 0.2) is 40.6 Å². The van der Waals surface area contributed by atoms with Gasteiger partial charge in [-0.3, -0.25) is 9.52 Å². The van der Waals surface area contributed by atoms with Gasteiger partial charge in [0.15, 0.2) is 0 Å². The molecule has 20 heavy (non-hydrogen) atoms. The monoisotopic (exact) mass is 311 g/mol. The summed E-state index contributed by atoms with van der Waals surface area (Å²) in [5.74, 6) is -0.565. The lowest BCUT2D eigenvalue weighted by molar-refractivity contribution is 0.100. The molecule has 6 nitrogen and oxygen atoms in total. The fourth-order valence-electron chi connectivity index (χ4n) is 1.52. The topological polar surface area (TPSA) is 115 Å². The number of nitrogens with one attached hydrogen (secondary N) is 1. The van der Waals surface area contributed by atoms with E-state index in [1.165, 1.54) is 30.3 Å². The zero-order chi connectivity index (χ0) is 14.8. The van der Waals surface area contributed by atoms with Crippen LogP contribution >= 0.6 is 11.3 Å². The summed E-state index contributed by atoms with van der Waals surface area (Å²) in [5.41, 5.74) is 11.2. The molecule has 0 aliphatic carbocycles. The first-order chi connectivity index (χ1) is 9.42. The van der Waals surface area contributed by atoms with Crippen molar-refractivity contribution in [1.29, 1.82) is 0 Å². The second-order valence-electron chi connectivity index (χ2n) is 3.97. The number of hydrogen-bond donors (Lipinski definition) is 3. The Morgan fingerprint density at radius 1 is 1.15 bits per heavy atom. The molecule has 1 amide bonds. The smallest absolute Gasteiger partial charge is 0.271 e. The highest BCUT2D eigenvalue weighted by atomic mass is 32.2. The Morgan fingerprint density at radius 3 is 2.30 bits per heavy atom. The van der Waals surface area contributed by atoms with E-state index in [1.54, 1.807) is 6.07 Å². The molecule has 0 aliphatic rings. The average Bonchev–Trinajstić information content (AvgIpc) is 2.88. The van der Waals surface area contributed by atoms with Crippen LogP contribution in [0.5, 0.6) is 0 Å². The molecule has 106 valence electrons. The Morgan fingerprint density at radius 2 is 1.80 bits per heavy atom. The third-order valence-electron chi connectivity index (χ3n) is 2.52. The third-order valence-corrected chi connectivity index (χ3v) is 5.51. The van der Waals surface area contributed by atoms with Gasteiger partial charge < -0.3 is 11.5 Å². The number of carbonyl (C=O) groups is 1. The molecular formula is C12H13N3O3S2. The van der Waals surface area contributed by atoms with E-state index >= 15 is 0 Å². The molecule has 0 fully saturated rings. The number of primary amides is 1. The molecule has 0 aliphatic heterocycles. The maximum Gasteiger partial charge on any atom is 0.271 e. The fraction of sp³-hybridized carbons (Fsp3) is 0.0833. The maximum absolute atomic E-state index is 12.1. The number of nitrogens with two attached hydrogens (primary N) is 2. The minimum Gasteiger partial charge on any atom is -0.366 e. The largest absolute Gasteiger partial charge is 0.366 e. The van der Waals surface area contributed by atoms with E-state index in [4.69, 9.17) is 11.5 Å². The Kier molecular flexibility index (Phi) is 4.07. The molecular weight excluding hydrogens is 298 g/mol. The molecule has 0 radical (unpaired) electrons. The lowest BCUT2D eigenvalue weighted by atomic mass is 10.2. The van der Waals surface area contributed by atoms with E-state index in [1.807, 2.05) is 0 Å². The molecule has 0 unspecified atom stereocenters. The molecule has 1 aromatic heterocycles. The third kappa shape index (κ3) is 3.16. The highest BCUT2D eigenvalue weighted by Gasteiger charge is 2.16. The van der Waals surface area contributed by atoms with Gasteiger partial charge in [-0.15, -0.1) is 11.3 Å². The molecule has 0 saturated carbocycles. The van der Waals surface area contributed by atoms with Crippen LogP contribution in [0.2, 0.25) is 0 Å². The van der Waals surface area contributed by atoms with Crippen LogP contribution in [0.3, 0.4) is 0 Å². The normalized spacial score (nSPS) is 11.2. The van der Waals surface area contributed by atoms with E-state index < -0.39 is 15.9 Å². The van der Waals surface area contributed by atoms with Gasteiger partial charge in [-0.25, -0.2) is 8.42 Å². The van der Waals surface area contributed by atoms with Gasteiger partial charge in [-0.1, -0.05) is 0 Å². The summed E-state index contributed by atoms with van der Waals surface area (Å²) in [6, 6.07) is 9.06. The van der Waals surface area contributed by atoms with Crippen LogP contribution in [-0.2, 0) is 16.6 Å². The predicted molar refractivity (Wildman–Crippen MR) is 78.0 cm³/mol. The van der Waals surface area contributed by atoms with Gasteiger partial charge in [-0.05, 0) is 36.4 Å². The number of benzene rings is 1. The van der Waals surface area contributed by atoms with Crippen molar-refractivity contribution in [1.82, 2.24) is 0 Å². The van der Waals surface area contributed by atoms with Crippen molar-refractivity contribution < 1.29 is 13.2 Å². The number of thiophene rings is 1. The van der Waals surface area contributed by atoms with E-state index in [0.717, 1.165) is 16.2 Å². The first kappa shape index (κ1) is 14.5. The number of sulfonamides is 1. The Balaban J connectivity index is 2.21. The fourth-order valence-corrected chi connectivity index (χ4v) is 3.81. The van der Waals surface area contributed by atoms with Crippen LogP contribution in [0.25, 0.3) is 0 Å². The molecule has 0 spiro atoms. The Hall–Kier alpha value is -1.90. The minimum atomic E-state index is -3.64. The summed E-state index contributed by atoms with van der Waals surface area (Å²) in [4.78, 5) is 11.7. The van der Waals surface area contributed by atoms with Gasteiger partial charge in [0.05, 0.1) is 0 Å². The molecule has 1 aromatic carbocycles. The molecule has 5 N–H and O–H groups in total. The summed E-state index contributed by atoms with van der Waals surface area (Å²) >= 11 is 1.12. The number of carbonyl (C=O) groups excluding carboxylic acids is 1. The van der Waals surface area contributed by atoms with E-state index in [0.29, 0.717) is 17.8 Å². The first-order valence-corrected chi connectivity index (χ1v) is 7.94. The molecule has 0 saturated heterocycles. The van der Waals surface area contributed by atoms with E-state index in [9.17, 15) is 13.2 Å². The standard InChI is InChI=1S/C12H13N3O3S2/c13-7-10-5-6-11(19-10)20(17,18)15-9-3-1-8(2-4-9)12(14)16/h1-6,15H,7,13H2,(H2,14,16). The molecule has 8 heteroatoms. The summed E-state index contributed by atoms with van der Waals surface area (Å²) in [6.45, 7) is 0.299. The van der Waals surface area contributed by atoms with Gasteiger partial charge in [0, 0.05) is 22.7 Å². The van der Waals surface area contributed by atoms with Crippen LogP contribution in [0, 0.1) is 0 Å². The quantitative estimate of drug-likeness (QED) is 0.767. The highest BCUT2D eigenvalue weighted by Crippen LogP contribution is 2.23. The minimum absolute atomic E-state index is 0.192. The number of rotatable bonds is 5. The van der Waals surface area contributed by atoms with Crippen molar-refractivity contribution in [3.63, 3.8) is 0 Å². The lowest BCUT2D eigenvalue weighted by Crippen LogP contribution is -2.13. The second-order valence-corrected chi connectivity index (χ2v) is 7.05. The van der Waals surface area contributed by atoms with Crippen molar-refractivity contribution in [2.45, 2.75) is 10.8 Å². The van der Waals surface area contributed by atoms with Crippen molar-refractivity contribution in [2.75, 3.05) is 4.72 Å².